The Morgan fingerprint density at radius 3 is 2.79 bits per heavy atom. The quantitative estimate of drug-likeness (QED) is 0.320. The van der Waals surface area contributed by atoms with Crippen LogP contribution < -0.4 is 5.32 Å². The molecule has 0 aliphatic carbocycles. The van der Waals surface area contributed by atoms with Crippen LogP contribution in [0.15, 0.2) is 61.1 Å². The van der Waals surface area contributed by atoms with Crippen molar-refractivity contribution in [1.29, 1.82) is 0 Å². The predicted molar refractivity (Wildman–Crippen MR) is 105 cm³/mol. The van der Waals surface area contributed by atoms with Crippen LogP contribution in [0.2, 0.25) is 0 Å². The number of nitrogens with one attached hydrogen (secondary N) is 1. The lowest BCUT2D eigenvalue weighted by molar-refractivity contribution is -0.385. The Labute approximate surface area is 159 Å². The summed E-state index contributed by atoms with van der Waals surface area (Å²) >= 11 is 0. The maximum atomic E-state index is 11.6. The van der Waals surface area contributed by atoms with E-state index >= 15 is 0 Å². The smallest absolute Gasteiger partial charge is 0.274 e. The van der Waals surface area contributed by atoms with Crippen LogP contribution in [0.3, 0.4) is 0 Å². The number of anilines is 2. The number of nitrogens with zero attached hydrogens (tertiary/aromatic N) is 4. The van der Waals surface area contributed by atoms with Crippen molar-refractivity contribution in [2.45, 2.75) is 6.92 Å². The number of nitro benzene ring substituents is 1. The van der Waals surface area contributed by atoms with Crippen LogP contribution in [0.5, 0.6) is 0 Å². The van der Waals surface area contributed by atoms with Gasteiger partial charge in [-0.3, -0.25) is 19.9 Å². The Bertz CT molecular complexity index is 1200. The zero-order chi connectivity index (χ0) is 19.7. The number of carbonyl (C=O) groups is 1. The van der Waals surface area contributed by atoms with Gasteiger partial charge in [-0.25, -0.2) is 4.68 Å². The number of pyridine rings is 1. The number of fused-ring (bicyclic) bond motifs is 1. The van der Waals surface area contributed by atoms with Crippen LogP contribution in [0.25, 0.3) is 16.6 Å². The van der Waals surface area contributed by atoms with Crippen LogP contribution >= 0.6 is 0 Å². The minimum atomic E-state index is -0.429. The molecule has 4 aromatic rings. The third-order valence-electron chi connectivity index (χ3n) is 4.45. The number of aromatic nitrogens is 3. The molecule has 0 fully saturated rings. The first-order chi connectivity index (χ1) is 13.6. The fraction of sp³-hybridized carbons (Fsp3) is 0.0500. The summed E-state index contributed by atoms with van der Waals surface area (Å²) in [6, 6.07) is 12.3. The molecule has 8 nitrogen and oxygen atoms in total. The van der Waals surface area contributed by atoms with Gasteiger partial charge in [0.2, 0.25) is 0 Å². The van der Waals surface area contributed by atoms with Crippen molar-refractivity contribution in [3.63, 3.8) is 0 Å². The van der Waals surface area contributed by atoms with Crippen LogP contribution in [0.4, 0.5) is 17.1 Å². The van der Waals surface area contributed by atoms with Gasteiger partial charge in [0.25, 0.3) is 5.69 Å². The third kappa shape index (κ3) is 3.07. The van der Waals surface area contributed by atoms with Crippen LogP contribution in [0.1, 0.15) is 15.9 Å². The molecule has 0 bridgehead atoms. The van der Waals surface area contributed by atoms with Crippen molar-refractivity contribution >= 4 is 34.3 Å². The van der Waals surface area contributed by atoms with Crippen LogP contribution in [-0.4, -0.2) is 26.0 Å². The van der Waals surface area contributed by atoms with Crippen molar-refractivity contribution in [1.82, 2.24) is 14.8 Å². The Kier molecular flexibility index (Phi) is 4.29. The van der Waals surface area contributed by atoms with Crippen molar-refractivity contribution < 1.29 is 9.72 Å². The van der Waals surface area contributed by atoms with Gasteiger partial charge in [-0.05, 0) is 37.3 Å². The molecule has 0 radical (unpaired) electrons. The van der Waals surface area contributed by atoms with E-state index in [1.54, 1.807) is 29.9 Å². The molecule has 28 heavy (non-hydrogen) atoms. The molecule has 0 amide bonds. The zero-order valence-corrected chi connectivity index (χ0v) is 14.9. The highest BCUT2D eigenvalue weighted by Gasteiger charge is 2.14. The lowest BCUT2D eigenvalue weighted by Crippen LogP contribution is -2.01. The molecule has 0 atom stereocenters. The molecule has 2 aromatic heterocycles. The fourth-order valence-corrected chi connectivity index (χ4v) is 3.02. The van der Waals surface area contributed by atoms with E-state index in [4.69, 9.17) is 0 Å². The summed E-state index contributed by atoms with van der Waals surface area (Å²) in [5.74, 6) is 0. The Morgan fingerprint density at radius 2 is 2.07 bits per heavy atom. The molecule has 0 aliphatic heterocycles. The second kappa shape index (κ2) is 6.92. The molecule has 0 aliphatic rings. The molecule has 0 spiro atoms. The van der Waals surface area contributed by atoms with E-state index < -0.39 is 4.92 Å². The molecule has 0 unspecified atom stereocenters. The highest BCUT2D eigenvalue weighted by Crippen LogP contribution is 2.31. The maximum Gasteiger partial charge on any atom is 0.274 e. The summed E-state index contributed by atoms with van der Waals surface area (Å²) in [6.45, 7) is 1.68. The van der Waals surface area contributed by atoms with E-state index in [2.05, 4.69) is 15.4 Å². The van der Waals surface area contributed by atoms with Crippen molar-refractivity contribution in [2.24, 2.45) is 0 Å². The molecule has 4 rings (SSSR count). The molecular weight excluding hydrogens is 358 g/mol. The van der Waals surface area contributed by atoms with Gasteiger partial charge >= 0.3 is 0 Å². The third-order valence-corrected chi connectivity index (χ3v) is 4.45. The molecule has 0 saturated heterocycles. The molecular formula is C20H15N5O3. The van der Waals surface area contributed by atoms with Crippen molar-refractivity contribution in [2.75, 3.05) is 5.32 Å². The van der Waals surface area contributed by atoms with Gasteiger partial charge in [0.15, 0.2) is 6.29 Å². The van der Waals surface area contributed by atoms with E-state index in [1.807, 2.05) is 30.5 Å². The number of aldehydes is 1. The van der Waals surface area contributed by atoms with Gasteiger partial charge in [-0.1, -0.05) is 6.07 Å². The standard InChI is InChI=1S/C20H15N5O3/c1-13-3-4-15(9-19(13)25(27)28)23-20-14(12-26)11-21-18-6-5-16(10-17(18)20)24-8-2-7-22-24/h2-12H,1H3,(H,21,23). The van der Waals surface area contributed by atoms with Gasteiger partial charge in [-0.2, -0.15) is 5.10 Å². The molecule has 138 valence electrons. The lowest BCUT2D eigenvalue weighted by atomic mass is 10.1. The SMILES string of the molecule is Cc1ccc(Nc2c(C=O)cnc3ccc(-n4cccn4)cc23)cc1[N+](=O)[O-]. The number of benzene rings is 2. The lowest BCUT2D eigenvalue weighted by Gasteiger charge is -2.13. The van der Waals surface area contributed by atoms with E-state index in [0.717, 1.165) is 5.69 Å². The van der Waals surface area contributed by atoms with E-state index in [9.17, 15) is 14.9 Å². The molecule has 2 heterocycles. The number of nitro groups is 1. The van der Waals surface area contributed by atoms with Gasteiger partial charge in [0, 0.05) is 41.3 Å². The second-order valence-electron chi connectivity index (χ2n) is 6.24. The minimum Gasteiger partial charge on any atom is -0.354 e. The number of rotatable bonds is 5. The Hall–Kier alpha value is -4.07. The molecule has 8 heteroatoms. The zero-order valence-electron chi connectivity index (χ0n) is 14.9. The van der Waals surface area contributed by atoms with Gasteiger partial charge < -0.3 is 5.32 Å². The second-order valence-corrected chi connectivity index (χ2v) is 6.24. The van der Waals surface area contributed by atoms with Crippen LogP contribution in [-0.2, 0) is 0 Å². The van der Waals surface area contributed by atoms with Gasteiger partial charge in [0.05, 0.1) is 27.4 Å². The molecule has 0 saturated carbocycles. The predicted octanol–water partition coefficient (Wildman–Crippen LogP) is 4.19. The van der Waals surface area contributed by atoms with Crippen molar-refractivity contribution in [3.8, 4) is 5.69 Å². The first kappa shape index (κ1) is 17.3. The first-order valence-electron chi connectivity index (χ1n) is 8.47. The average molecular weight is 373 g/mol. The highest BCUT2D eigenvalue weighted by molar-refractivity contribution is 6.02. The topological polar surface area (TPSA) is 103 Å². The summed E-state index contributed by atoms with van der Waals surface area (Å²) in [6.07, 6.45) is 5.68. The van der Waals surface area contributed by atoms with E-state index in [0.29, 0.717) is 39.7 Å². The summed E-state index contributed by atoms with van der Waals surface area (Å²) in [4.78, 5) is 26.7. The summed E-state index contributed by atoms with van der Waals surface area (Å²) < 4.78 is 1.70. The largest absolute Gasteiger partial charge is 0.354 e. The molecule has 2 aromatic carbocycles. The first-order valence-corrected chi connectivity index (χ1v) is 8.47. The Balaban J connectivity index is 1.87. The average Bonchev–Trinajstić information content (AvgIpc) is 3.24. The van der Waals surface area contributed by atoms with E-state index in [-0.39, 0.29) is 5.69 Å². The summed E-state index contributed by atoms with van der Waals surface area (Å²) in [7, 11) is 0. The summed E-state index contributed by atoms with van der Waals surface area (Å²) in [5, 5.41) is 19.3. The van der Waals surface area contributed by atoms with Crippen molar-refractivity contribution in [3.05, 3.63) is 82.3 Å². The fourth-order valence-electron chi connectivity index (χ4n) is 3.02. The van der Waals surface area contributed by atoms with Gasteiger partial charge in [-0.15, -0.1) is 0 Å². The number of aryl methyl sites for hydroxylation is 1. The number of carbonyl (C=O) groups excluding carboxylic acids is 1. The normalized spacial score (nSPS) is 10.8. The molecule has 1 N–H and O–H groups in total. The number of hydrogen-bond acceptors (Lipinski definition) is 6. The Morgan fingerprint density at radius 1 is 1.21 bits per heavy atom. The minimum absolute atomic E-state index is 0.00763. The van der Waals surface area contributed by atoms with Crippen LogP contribution in [0, 0.1) is 17.0 Å². The summed E-state index contributed by atoms with van der Waals surface area (Å²) in [5.41, 5.74) is 3.46. The maximum absolute atomic E-state index is 11.6. The van der Waals surface area contributed by atoms with Gasteiger partial charge in [0.1, 0.15) is 0 Å². The highest BCUT2D eigenvalue weighted by atomic mass is 16.6. The monoisotopic (exact) mass is 373 g/mol. The number of hydrogen-bond donors (Lipinski definition) is 1. The van der Waals surface area contributed by atoms with E-state index in [1.165, 1.54) is 12.3 Å².